The minimum atomic E-state index is -3.91. The summed E-state index contributed by atoms with van der Waals surface area (Å²) in [5.41, 5.74) is 0. The van der Waals surface area contributed by atoms with E-state index in [1.54, 1.807) is 7.05 Å². The van der Waals surface area contributed by atoms with Crippen LogP contribution in [0.3, 0.4) is 0 Å². The lowest BCUT2D eigenvalue weighted by Gasteiger charge is -2.21. The fourth-order valence-electron chi connectivity index (χ4n) is 1.65. The Kier molecular flexibility index (Phi) is 3.95. The van der Waals surface area contributed by atoms with Crippen LogP contribution in [0.4, 0.5) is 5.95 Å². The van der Waals surface area contributed by atoms with Crippen LogP contribution in [0.2, 0.25) is 0 Å². The zero-order valence-corrected chi connectivity index (χ0v) is 11.4. The average molecular weight is 299 g/mol. The van der Waals surface area contributed by atoms with Gasteiger partial charge in [-0.15, -0.1) is 0 Å². The molecule has 1 aromatic heterocycles. The number of carbonyl (C=O) groups excluding carboxylic acids is 2. The molecular weight excluding hydrogens is 286 g/mol. The van der Waals surface area contributed by atoms with Crippen LogP contribution in [0.15, 0.2) is 17.3 Å². The molecule has 1 aliphatic heterocycles. The van der Waals surface area contributed by atoms with Crippen LogP contribution in [0.25, 0.3) is 0 Å². The Bertz CT molecular complexity index is 628. The van der Waals surface area contributed by atoms with Crippen molar-refractivity contribution in [2.45, 2.75) is 23.8 Å². The Labute approximate surface area is 115 Å². The van der Waals surface area contributed by atoms with Gasteiger partial charge in [0, 0.05) is 13.5 Å². The van der Waals surface area contributed by atoms with Gasteiger partial charge in [-0.3, -0.25) is 14.9 Å². The molecule has 0 bridgehead atoms. The molecule has 20 heavy (non-hydrogen) atoms. The van der Waals surface area contributed by atoms with Gasteiger partial charge >= 0.3 is 0 Å². The maximum atomic E-state index is 12.1. The van der Waals surface area contributed by atoms with Crippen molar-refractivity contribution in [1.29, 1.82) is 0 Å². The number of carbonyl (C=O) groups is 2. The molecule has 1 fully saturated rings. The Hall–Kier alpha value is -2.07. The summed E-state index contributed by atoms with van der Waals surface area (Å²) < 4.78 is 26.3. The van der Waals surface area contributed by atoms with Crippen molar-refractivity contribution in [3.8, 4) is 0 Å². The lowest BCUT2D eigenvalue weighted by Crippen LogP contribution is -2.52. The largest absolute Gasteiger partial charge is 0.357 e. The van der Waals surface area contributed by atoms with Crippen LogP contribution in [0.5, 0.6) is 0 Å². The SMILES string of the molecule is CNc1ncc(S(=O)(=O)NC2CCC(=O)NC2=O)cn1. The van der Waals surface area contributed by atoms with Gasteiger partial charge in [0.15, 0.2) is 0 Å². The van der Waals surface area contributed by atoms with Crippen molar-refractivity contribution in [1.82, 2.24) is 20.0 Å². The number of imide groups is 1. The van der Waals surface area contributed by atoms with Gasteiger partial charge in [-0.05, 0) is 6.42 Å². The quantitative estimate of drug-likeness (QED) is 0.583. The van der Waals surface area contributed by atoms with Crippen molar-refractivity contribution in [3.63, 3.8) is 0 Å². The number of aromatic nitrogens is 2. The standard InChI is InChI=1S/C10H13N5O4S/c1-11-10-12-4-6(5-13-10)20(18,19)15-7-2-3-8(16)14-9(7)17/h4-5,7,15H,2-3H2,1H3,(H,11,12,13)(H,14,16,17). The van der Waals surface area contributed by atoms with E-state index in [9.17, 15) is 18.0 Å². The van der Waals surface area contributed by atoms with Crippen LogP contribution in [0.1, 0.15) is 12.8 Å². The third-order valence-corrected chi connectivity index (χ3v) is 4.12. The maximum absolute atomic E-state index is 12.1. The zero-order chi connectivity index (χ0) is 14.8. The van der Waals surface area contributed by atoms with E-state index >= 15 is 0 Å². The molecule has 1 aliphatic rings. The zero-order valence-electron chi connectivity index (χ0n) is 10.6. The van der Waals surface area contributed by atoms with Crippen molar-refractivity contribution >= 4 is 27.8 Å². The smallest absolute Gasteiger partial charge is 0.244 e. The third kappa shape index (κ3) is 3.08. The molecule has 1 unspecified atom stereocenters. The Morgan fingerprint density at radius 2 is 1.95 bits per heavy atom. The molecule has 3 N–H and O–H groups in total. The van der Waals surface area contributed by atoms with E-state index in [4.69, 9.17) is 0 Å². The summed E-state index contributed by atoms with van der Waals surface area (Å²) in [7, 11) is -2.31. The van der Waals surface area contributed by atoms with E-state index in [0.29, 0.717) is 0 Å². The van der Waals surface area contributed by atoms with Gasteiger partial charge in [-0.2, -0.15) is 4.72 Å². The minimum Gasteiger partial charge on any atom is -0.357 e. The van der Waals surface area contributed by atoms with Gasteiger partial charge in [0.05, 0.1) is 12.4 Å². The molecule has 2 heterocycles. The van der Waals surface area contributed by atoms with E-state index in [2.05, 4.69) is 25.3 Å². The molecule has 9 nitrogen and oxygen atoms in total. The minimum absolute atomic E-state index is 0.0914. The topological polar surface area (TPSA) is 130 Å². The first-order valence-corrected chi connectivity index (χ1v) is 7.26. The fourth-order valence-corrected chi connectivity index (χ4v) is 2.76. The second-order valence-electron chi connectivity index (χ2n) is 4.12. The number of piperidine rings is 1. The van der Waals surface area contributed by atoms with Crippen LogP contribution >= 0.6 is 0 Å². The summed E-state index contributed by atoms with van der Waals surface area (Å²) in [5, 5.41) is 4.74. The number of sulfonamides is 1. The van der Waals surface area contributed by atoms with Crippen molar-refractivity contribution in [3.05, 3.63) is 12.4 Å². The average Bonchev–Trinajstić information content (AvgIpc) is 2.42. The highest BCUT2D eigenvalue weighted by atomic mass is 32.2. The van der Waals surface area contributed by atoms with Gasteiger partial charge in [0.2, 0.25) is 27.8 Å². The number of anilines is 1. The predicted octanol–water partition coefficient (Wildman–Crippen LogP) is -1.40. The molecule has 0 aromatic carbocycles. The molecule has 10 heteroatoms. The van der Waals surface area contributed by atoms with E-state index in [1.807, 2.05) is 0 Å². The van der Waals surface area contributed by atoms with Gasteiger partial charge in [0.25, 0.3) is 0 Å². The van der Waals surface area contributed by atoms with Crippen LogP contribution in [-0.2, 0) is 19.6 Å². The Morgan fingerprint density at radius 1 is 1.30 bits per heavy atom. The van der Waals surface area contributed by atoms with E-state index in [1.165, 1.54) is 0 Å². The summed E-state index contributed by atoms with van der Waals surface area (Å²) in [6.07, 6.45) is 2.48. The molecule has 1 atom stereocenters. The summed E-state index contributed by atoms with van der Waals surface area (Å²) >= 11 is 0. The van der Waals surface area contributed by atoms with Gasteiger partial charge in [-0.25, -0.2) is 18.4 Å². The van der Waals surface area contributed by atoms with Crippen LogP contribution < -0.4 is 15.4 Å². The molecule has 1 aromatic rings. The van der Waals surface area contributed by atoms with Crippen LogP contribution in [0, 0.1) is 0 Å². The first kappa shape index (κ1) is 14.3. The molecule has 2 amide bonds. The lowest BCUT2D eigenvalue weighted by atomic mass is 10.1. The van der Waals surface area contributed by atoms with Crippen molar-refractivity contribution in [2.75, 3.05) is 12.4 Å². The summed E-state index contributed by atoms with van der Waals surface area (Å²) in [4.78, 5) is 29.9. The summed E-state index contributed by atoms with van der Waals surface area (Å²) in [6, 6.07) is -0.971. The molecule has 108 valence electrons. The molecule has 0 radical (unpaired) electrons. The normalized spacial score (nSPS) is 19.6. The lowest BCUT2D eigenvalue weighted by molar-refractivity contribution is -0.134. The number of nitrogens with zero attached hydrogens (tertiary/aromatic N) is 2. The second kappa shape index (κ2) is 5.51. The number of amides is 2. The molecule has 0 saturated carbocycles. The highest BCUT2D eigenvalue weighted by Crippen LogP contribution is 2.11. The summed E-state index contributed by atoms with van der Waals surface area (Å²) in [6.45, 7) is 0. The van der Waals surface area contributed by atoms with Gasteiger partial charge in [-0.1, -0.05) is 0 Å². The predicted molar refractivity (Wildman–Crippen MR) is 68.1 cm³/mol. The third-order valence-electron chi connectivity index (χ3n) is 2.70. The first-order chi connectivity index (χ1) is 9.42. The number of nitrogens with one attached hydrogen (secondary N) is 3. The number of rotatable bonds is 4. The molecular formula is C10H13N5O4S. The monoisotopic (exact) mass is 299 g/mol. The second-order valence-corrected chi connectivity index (χ2v) is 5.83. The highest BCUT2D eigenvalue weighted by Gasteiger charge is 2.31. The fraction of sp³-hybridized carbons (Fsp3) is 0.400. The Balaban J connectivity index is 2.14. The number of hydrogen-bond donors (Lipinski definition) is 3. The maximum Gasteiger partial charge on any atom is 0.244 e. The van der Waals surface area contributed by atoms with Crippen molar-refractivity contribution in [2.24, 2.45) is 0 Å². The van der Waals surface area contributed by atoms with E-state index in [-0.39, 0.29) is 23.7 Å². The van der Waals surface area contributed by atoms with Crippen LogP contribution in [-0.4, -0.2) is 43.3 Å². The first-order valence-electron chi connectivity index (χ1n) is 5.78. The van der Waals surface area contributed by atoms with Crippen molar-refractivity contribution < 1.29 is 18.0 Å². The molecule has 0 aliphatic carbocycles. The summed E-state index contributed by atoms with van der Waals surface area (Å²) in [5.74, 6) is -0.783. The Morgan fingerprint density at radius 3 is 2.50 bits per heavy atom. The van der Waals surface area contributed by atoms with E-state index in [0.717, 1.165) is 12.4 Å². The van der Waals surface area contributed by atoms with E-state index < -0.39 is 27.9 Å². The molecule has 2 rings (SSSR count). The molecule has 1 saturated heterocycles. The highest BCUT2D eigenvalue weighted by molar-refractivity contribution is 7.89. The van der Waals surface area contributed by atoms with Gasteiger partial charge in [0.1, 0.15) is 10.9 Å². The van der Waals surface area contributed by atoms with Gasteiger partial charge < -0.3 is 5.32 Å². The number of hydrogen-bond acceptors (Lipinski definition) is 7. The molecule has 0 spiro atoms.